The van der Waals surface area contributed by atoms with Crippen molar-refractivity contribution in [2.75, 3.05) is 11.9 Å². The van der Waals surface area contributed by atoms with Crippen LogP contribution in [0.3, 0.4) is 0 Å². The van der Waals surface area contributed by atoms with Crippen LogP contribution in [0.4, 0.5) is 5.82 Å². The van der Waals surface area contributed by atoms with Gasteiger partial charge in [0.05, 0.1) is 12.2 Å². The highest BCUT2D eigenvalue weighted by molar-refractivity contribution is 5.35. The van der Waals surface area contributed by atoms with Crippen molar-refractivity contribution >= 4 is 5.82 Å². The molecular weight excluding hydrogens is 226 g/mol. The Morgan fingerprint density at radius 2 is 2.11 bits per heavy atom. The Bertz CT molecular complexity index is 563. The van der Waals surface area contributed by atoms with Crippen LogP contribution in [0.15, 0.2) is 47.4 Å². The van der Waals surface area contributed by atoms with Crippen LogP contribution in [0.5, 0.6) is 0 Å². The van der Waals surface area contributed by atoms with Crippen molar-refractivity contribution in [2.24, 2.45) is 0 Å². The van der Waals surface area contributed by atoms with E-state index in [0.717, 1.165) is 24.5 Å². The van der Waals surface area contributed by atoms with E-state index in [9.17, 15) is 4.79 Å². The smallest absolute Gasteiger partial charge is 0.250 e. The quantitative estimate of drug-likeness (QED) is 0.875. The van der Waals surface area contributed by atoms with E-state index in [1.807, 2.05) is 24.3 Å². The maximum absolute atomic E-state index is 11.6. The zero-order valence-electron chi connectivity index (χ0n) is 10.5. The zero-order chi connectivity index (χ0) is 12.8. The third-order valence-corrected chi connectivity index (χ3v) is 2.59. The highest BCUT2D eigenvalue weighted by Crippen LogP contribution is 2.05. The van der Waals surface area contributed by atoms with E-state index < -0.39 is 0 Å². The molecule has 0 aliphatic rings. The summed E-state index contributed by atoms with van der Waals surface area (Å²) in [5.74, 6) is 0.860. The minimum Gasteiger partial charge on any atom is -0.370 e. The fraction of sp³-hybridized carbons (Fsp3) is 0.286. The molecule has 0 aliphatic heterocycles. The largest absolute Gasteiger partial charge is 0.370 e. The molecule has 1 N–H and O–H groups in total. The fourth-order valence-corrected chi connectivity index (χ4v) is 1.68. The molecule has 0 atom stereocenters. The van der Waals surface area contributed by atoms with Gasteiger partial charge in [-0.3, -0.25) is 4.79 Å². The molecule has 2 rings (SSSR count). The molecule has 18 heavy (non-hydrogen) atoms. The number of nitrogens with zero attached hydrogens (tertiary/aromatic N) is 2. The number of anilines is 1. The molecule has 0 bridgehead atoms. The number of nitrogens with one attached hydrogen (secondary N) is 1. The van der Waals surface area contributed by atoms with E-state index in [1.165, 1.54) is 0 Å². The molecule has 0 spiro atoms. The van der Waals surface area contributed by atoms with Gasteiger partial charge in [0, 0.05) is 18.8 Å². The maximum Gasteiger partial charge on any atom is 0.250 e. The Morgan fingerprint density at radius 1 is 1.22 bits per heavy atom. The monoisotopic (exact) mass is 243 g/mol. The van der Waals surface area contributed by atoms with Gasteiger partial charge in [0.2, 0.25) is 0 Å². The first kappa shape index (κ1) is 12.4. The van der Waals surface area contributed by atoms with Crippen molar-refractivity contribution in [1.29, 1.82) is 0 Å². The molecule has 2 aromatic rings. The Morgan fingerprint density at radius 3 is 2.89 bits per heavy atom. The molecule has 2 heterocycles. The Hall–Kier alpha value is -2.10. The highest BCUT2D eigenvalue weighted by atomic mass is 16.1. The Labute approximate surface area is 106 Å². The molecule has 0 amide bonds. The van der Waals surface area contributed by atoms with Crippen LogP contribution in [-0.2, 0) is 6.54 Å². The third-order valence-electron chi connectivity index (χ3n) is 2.59. The van der Waals surface area contributed by atoms with Crippen LogP contribution in [0.1, 0.15) is 19.0 Å². The lowest BCUT2D eigenvalue weighted by Gasteiger charge is -2.07. The zero-order valence-corrected chi connectivity index (χ0v) is 10.5. The van der Waals surface area contributed by atoms with Crippen LogP contribution >= 0.6 is 0 Å². The molecule has 0 aromatic carbocycles. The highest BCUT2D eigenvalue weighted by Gasteiger charge is 1.99. The number of hydrogen-bond donors (Lipinski definition) is 1. The van der Waals surface area contributed by atoms with Crippen molar-refractivity contribution in [2.45, 2.75) is 19.9 Å². The average Bonchev–Trinajstić information content (AvgIpc) is 2.40. The van der Waals surface area contributed by atoms with Crippen LogP contribution in [0.25, 0.3) is 0 Å². The van der Waals surface area contributed by atoms with Gasteiger partial charge in [0.15, 0.2) is 0 Å². The molecule has 94 valence electrons. The lowest BCUT2D eigenvalue weighted by atomic mass is 10.3. The van der Waals surface area contributed by atoms with Gasteiger partial charge in [0.25, 0.3) is 5.56 Å². The van der Waals surface area contributed by atoms with Gasteiger partial charge in [-0.1, -0.05) is 19.1 Å². The van der Waals surface area contributed by atoms with Crippen molar-refractivity contribution < 1.29 is 0 Å². The minimum atomic E-state index is -0.00813. The lowest BCUT2D eigenvalue weighted by molar-refractivity contribution is 0.739. The Balaban J connectivity index is 2.14. The summed E-state index contributed by atoms with van der Waals surface area (Å²) in [7, 11) is 0. The van der Waals surface area contributed by atoms with Crippen LogP contribution in [0, 0.1) is 0 Å². The average molecular weight is 243 g/mol. The summed E-state index contributed by atoms with van der Waals surface area (Å²) in [5, 5.41) is 3.24. The second kappa shape index (κ2) is 6.00. The number of aromatic nitrogens is 2. The van der Waals surface area contributed by atoms with Crippen molar-refractivity contribution in [1.82, 2.24) is 9.55 Å². The predicted molar refractivity (Wildman–Crippen MR) is 72.8 cm³/mol. The van der Waals surface area contributed by atoms with Crippen molar-refractivity contribution in [3.05, 3.63) is 58.6 Å². The summed E-state index contributed by atoms with van der Waals surface area (Å²) in [5.41, 5.74) is 0.871. The fourth-order valence-electron chi connectivity index (χ4n) is 1.68. The van der Waals surface area contributed by atoms with E-state index >= 15 is 0 Å². The normalized spacial score (nSPS) is 10.3. The second-order valence-electron chi connectivity index (χ2n) is 4.11. The van der Waals surface area contributed by atoms with Crippen LogP contribution in [-0.4, -0.2) is 16.1 Å². The SMILES string of the molecule is CCCNc1cccc(Cn2ccccc2=O)n1. The summed E-state index contributed by atoms with van der Waals surface area (Å²) in [6, 6.07) is 11.0. The molecule has 0 unspecified atom stereocenters. The van der Waals surface area contributed by atoms with Crippen LogP contribution < -0.4 is 10.9 Å². The maximum atomic E-state index is 11.6. The van der Waals surface area contributed by atoms with E-state index in [1.54, 1.807) is 22.9 Å². The number of hydrogen-bond acceptors (Lipinski definition) is 3. The van der Waals surface area contributed by atoms with Gasteiger partial charge >= 0.3 is 0 Å². The van der Waals surface area contributed by atoms with E-state index in [0.29, 0.717) is 6.54 Å². The number of pyridine rings is 2. The molecule has 0 saturated carbocycles. The van der Waals surface area contributed by atoms with Crippen LogP contribution in [0.2, 0.25) is 0 Å². The standard InChI is InChI=1S/C14H17N3O/c1-2-9-15-13-7-5-6-12(16-13)11-17-10-4-3-8-14(17)18/h3-8,10H,2,9,11H2,1H3,(H,15,16). The molecule has 0 fully saturated rings. The van der Waals surface area contributed by atoms with Crippen molar-refractivity contribution in [3.63, 3.8) is 0 Å². The predicted octanol–water partition coefficient (Wildman–Crippen LogP) is 2.11. The van der Waals surface area contributed by atoms with Gasteiger partial charge in [0.1, 0.15) is 5.82 Å². The summed E-state index contributed by atoms with van der Waals surface area (Å²) in [4.78, 5) is 16.1. The molecule has 0 saturated heterocycles. The van der Waals surface area contributed by atoms with Gasteiger partial charge in [-0.15, -0.1) is 0 Å². The van der Waals surface area contributed by atoms with E-state index in [-0.39, 0.29) is 5.56 Å². The second-order valence-corrected chi connectivity index (χ2v) is 4.11. The van der Waals surface area contributed by atoms with Gasteiger partial charge in [-0.05, 0) is 24.6 Å². The van der Waals surface area contributed by atoms with E-state index in [4.69, 9.17) is 0 Å². The molecule has 0 aliphatic carbocycles. The summed E-state index contributed by atoms with van der Waals surface area (Å²) in [6.45, 7) is 3.52. The molecule has 4 nitrogen and oxygen atoms in total. The lowest BCUT2D eigenvalue weighted by Crippen LogP contribution is -2.19. The first-order chi connectivity index (χ1) is 8.79. The van der Waals surface area contributed by atoms with Gasteiger partial charge in [-0.2, -0.15) is 0 Å². The number of rotatable bonds is 5. The first-order valence-corrected chi connectivity index (χ1v) is 6.15. The topological polar surface area (TPSA) is 46.9 Å². The van der Waals surface area contributed by atoms with Crippen molar-refractivity contribution in [3.8, 4) is 0 Å². The molecule has 0 radical (unpaired) electrons. The molecule has 4 heteroatoms. The molecule has 2 aromatic heterocycles. The molecular formula is C14H17N3O. The summed E-state index contributed by atoms with van der Waals surface area (Å²) < 4.78 is 1.64. The van der Waals surface area contributed by atoms with E-state index in [2.05, 4.69) is 17.2 Å². The first-order valence-electron chi connectivity index (χ1n) is 6.15. The minimum absolute atomic E-state index is 0.00813. The summed E-state index contributed by atoms with van der Waals surface area (Å²) in [6.07, 6.45) is 2.83. The third kappa shape index (κ3) is 3.20. The Kier molecular flexibility index (Phi) is 4.12. The van der Waals surface area contributed by atoms with Gasteiger partial charge < -0.3 is 9.88 Å². The van der Waals surface area contributed by atoms with Gasteiger partial charge in [-0.25, -0.2) is 4.98 Å². The summed E-state index contributed by atoms with van der Waals surface area (Å²) >= 11 is 0.